The summed E-state index contributed by atoms with van der Waals surface area (Å²) in [6, 6.07) is -0.739. The van der Waals surface area contributed by atoms with Crippen molar-refractivity contribution < 1.29 is 19.1 Å². The molecule has 0 bridgehead atoms. The molecule has 15 heavy (non-hydrogen) atoms. The monoisotopic (exact) mass is 215 g/mol. The Morgan fingerprint density at radius 1 is 1.53 bits per heavy atom. The van der Waals surface area contributed by atoms with Crippen LogP contribution in [0.25, 0.3) is 0 Å². The second kappa shape index (κ2) is 7.99. The SMILES string of the molecule is C=CCCOC[C@@H](NC(C)=O)C(=O)OC. The number of methoxy groups -OCH3 is 1. The minimum atomic E-state index is -0.739. The van der Waals surface area contributed by atoms with Crippen molar-refractivity contribution in [2.45, 2.75) is 19.4 Å². The number of hydrogen-bond acceptors (Lipinski definition) is 4. The summed E-state index contributed by atoms with van der Waals surface area (Å²) in [7, 11) is 1.26. The van der Waals surface area contributed by atoms with Crippen molar-refractivity contribution in [1.82, 2.24) is 5.32 Å². The van der Waals surface area contributed by atoms with Gasteiger partial charge in [0, 0.05) is 6.92 Å². The minimum Gasteiger partial charge on any atom is -0.467 e. The van der Waals surface area contributed by atoms with Gasteiger partial charge in [-0.1, -0.05) is 6.08 Å². The zero-order chi connectivity index (χ0) is 11.7. The molecular formula is C10H17NO4. The van der Waals surface area contributed by atoms with Crippen LogP contribution in [0.15, 0.2) is 12.7 Å². The largest absolute Gasteiger partial charge is 0.467 e. The first-order valence-electron chi connectivity index (χ1n) is 4.65. The molecule has 1 N–H and O–H groups in total. The second-order valence-corrected chi connectivity index (χ2v) is 2.93. The van der Waals surface area contributed by atoms with Crippen molar-refractivity contribution >= 4 is 11.9 Å². The Hall–Kier alpha value is -1.36. The predicted octanol–water partition coefficient (Wildman–Crippen LogP) is 0.257. The highest BCUT2D eigenvalue weighted by atomic mass is 16.5. The molecule has 0 aliphatic rings. The molecule has 0 aliphatic heterocycles. The third-order valence-electron chi connectivity index (χ3n) is 1.61. The summed E-state index contributed by atoms with van der Waals surface area (Å²) in [4.78, 5) is 21.9. The van der Waals surface area contributed by atoms with Crippen LogP contribution in [-0.2, 0) is 19.1 Å². The smallest absolute Gasteiger partial charge is 0.330 e. The molecule has 0 aromatic carbocycles. The van der Waals surface area contributed by atoms with Gasteiger partial charge in [-0.2, -0.15) is 0 Å². The van der Waals surface area contributed by atoms with E-state index in [1.54, 1.807) is 6.08 Å². The molecule has 0 unspecified atom stereocenters. The van der Waals surface area contributed by atoms with Crippen molar-refractivity contribution in [3.05, 3.63) is 12.7 Å². The number of esters is 1. The topological polar surface area (TPSA) is 64.6 Å². The lowest BCUT2D eigenvalue weighted by Crippen LogP contribution is -2.43. The molecule has 5 nitrogen and oxygen atoms in total. The average Bonchev–Trinajstić information content (AvgIpc) is 2.21. The van der Waals surface area contributed by atoms with Crippen molar-refractivity contribution in [2.24, 2.45) is 0 Å². The number of rotatable bonds is 7. The lowest BCUT2D eigenvalue weighted by atomic mass is 10.3. The van der Waals surface area contributed by atoms with Crippen LogP contribution in [-0.4, -0.2) is 38.2 Å². The van der Waals surface area contributed by atoms with Crippen LogP contribution in [0, 0.1) is 0 Å². The summed E-state index contributed by atoms with van der Waals surface area (Å²) in [6.07, 6.45) is 2.42. The van der Waals surface area contributed by atoms with Crippen LogP contribution in [0.5, 0.6) is 0 Å². The number of nitrogens with one attached hydrogen (secondary N) is 1. The van der Waals surface area contributed by atoms with E-state index in [4.69, 9.17) is 4.74 Å². The first-order chi connectivity index (χ1) is 7.11. The molecule has 86 valence electrons. The zero-order valence-corrected chi connectivity index (χ0v) is 9.12. The van der Waals surface area contributed by atoms with E-state index >= 15 is 0 Å². The van der Waals surface area contributed by atoms with E-state index in [-0.39, 0.29) is 12.5 Å². The van der Waals surface area contributed by atoms with Gasteiger partial charge >= 0.3 is 5.97 Å². The minimum absolute atomic E-state index is 0.111. The molecule has 0 saturated heterocycles. The van der Waals surface area contributed by atoms with Gasteiger partial charge in [0.15, 0.2) is 6.04 Å². The summed E-state index contributed by atoms with van der Waals surface area (Å²) in [5.41, 5.74) is 0. The molecule has 0 saturated carbocycles. The van der Waals surface area contributed by atoms with Crippen LogP contribution in [0.2, 0.25) is 0 Å². The first kappa shape index (κ1) is 13.6. The van der Waals surface area contributed by atoms with Crippen LogP contribution >= 0.6 is 0 Å². The zero-order valence-electron chi connectivity index (χ0n) is 9.12. The van der Waals surface area contributed by atoms with Gasteiger partial charge in [0.1, 0.15) is 0 Å². The Morgan fingerprint density at radius 3 is 2.67 bits per heavy atom. The number of carbonyl (C=O) groups excluding carboxylic acids is 2. The fourth-order valence-electron chi connectivity index (χ4n) is 0.924. The van der Waals surface area contributed by atoms with E-state index in [0.717, 1.165) is 0 Å². The van der Waals surface area contributed by atoms with E-state index in [0.29, 0.717) is 13.0 Å². The van der Waals surface area contributed by atoms with Crippen LogP contribution in [0.4, 0.5) is 0 Å². The highest BCUT2D eigenvalue weighted by Gasteiger charge is 2.19. The Kier molecular flexibility index (Phi) is 7.27. The average molecular weight is 215 g/mol. The van der Waals surface area contributed by atoms with Gasteiger partial charge in [0.05, 0.1) is 20.3 Å². The quantitative estimate of drug-likeness (QED) is 0.376. The fraction of sp³-hybridized carbons (Fsp3) is 0.600. The maximum absolute atomic E-state index is 11.2. The van der Waals surface area contributed by atoms with Gasteiger partial charge in [-0.25, -0.2) is 4.79 Å². The van der Waals surface area contributed by atoms with E-state index < -0.39 is 12.0 Å². The Morgan fingerprint density at radius 2 is 2.20 bits per heavy atom. The van der Waals surface area contributed by atoms with Crippen molar-refractivity contribution in [3.63, 3.8) is 0 Å². The number of ether oxygens (including phenoxy) is 2. The van der Waals surface area contributed by atoms with E-state index in [1.165, 1.54) is 14.0 Å². The normalized spacial score (nSPS) is 11.6. The van der Waals surface area contributed by atoms with Gasteiger partial charge in [0.25, 0.3) is 0 Å². The van der Waals surface area contributed by atoms with E-state index in [1.807, 2.05) is 0 Å². The molecule has 0 aliphatic carbocycles. The molecular weight excluding hydrogens is 198 g/mol. The maximum atomic E-state index is 11.2. The Balaban J connectivity index is 3.95. The van der Waals surface area contributed by atoms with Crippen molar-refractivity contribution in [2.75, 3.05) is 20.3 Å². The molecule has 5 heteroatoms. The van der Waals surface area contributed by atoms with Gasteiger partial charge < -0.3 is 14.8 Å². The van der Waals surface area contributed by atoms with Gasteiger partial charge in [-0.05, 0) is 6.42 Å². The number of hydrogen-bond donors (Lipinski definition) is 1. The molecule has 0 aromatic heterocycles. The molecule has 1 amide bonds. The fourth-order valence-corrected chi connectivity index (χ4v) is 0.924. The van der Waals surface area contributed by atoms with Crippen LogP contribution < -0.4 is 5.32 Å². The third-order valence-corrected chi connectivity index (χ3v) is 1.61. The molecule has 0 aromatic rings. The summed E-state index contributed by atoms with van der Waals surface area (Å²) in [6.45, 7) is 5.45. The second-order valence-electron chi connectivity index (χ2n) is 2.93. The lowest BCUT2D eigenvalue weighted by Gasteiger charge is -2.15. The van der Waals surface area contributed by atoms with Gasteiger partial charge in [-0.15, -0.1) is 6.58 Å². The number of amides is 1. The van der Waals surface area contributed by atoms with E-state index in [9.17, 15) is 9.59 Å². The van der Waals surface area contributed by atoms with Crippen LogP contribution in [0.1, 0.15) is 13.3 Å². The molecule has 0 rings (SSSR count). The predicted molar refractivity (Wildman–Crippen MR) is 55.3 cm³/mol. The summed E-state index contributed by atoms with van der Waals surface area (Å²) >= 11 is 0. The maximum Gasteiger partial charge on any atom is 0.330 e. The summed E-state index contributed by atoms with van der Waals surface area (Å²) in [5.74, 6) is -0.804. The molecule has 1 atom stereocenters. The standard InChI is InChI=1S/C10H17NO4/c1-4-5-6-15-7-9(10(13)14-3)11-8(2)12/h4,9H,1,5-7H2,2-3H3,(H,11,12)/t9-/m1/s1. The molecule has 0 radical (unpaired) electrons. The lowest BCUT2D eigenvalue weighted by molar-refractivity contribution is -0.146. The Bertz CT molecular complexity index is 227. The van der Waals surface area contributed by atoms with Crippen molar-refractivity contribution in [1.29, 1.82) is 0 Å². The first-order valence-corrected chi connectivity index (χ1v) is 4.65. The molecule has 0 fully saturated rings. The highest BCUT2D eigenvalue weighted by Crippen LogP contribution is 1.92. The summed E-state index contributed by atoms with van der Waals surface area (Å²) < 4.78 is 9.69. The van der Waals surface area contributed by atoms with Gasteiger partial charge in [-0.3, -0.25) is 4.79 Å². The van der Waals surface area contributed by atoms with Crippen LogP contribution in [0.3, 0.4) is 0 Å². The third kappa shape index (κ3) is 6.68. The Labute approximate surface area is 89.4 Å². The molecule has 0 spiro atoms. The van der Waals surface area contributed by atoms with Crippen molar-refractivity contribution in [3.8, 4) is 0 Å². The number of carbonyl (C=O) groups is 2. The van der Waals surface area contributed by atoms with Gasteiger partial charge in [0.2, 0.25) is 5.91 Å². The highest BCUT2D eigenvalue weighted by molar-refractivity contribution is 5.83. The summed E-state index contributed by atoms with van der Waals surface area (Å²) in [5, 5.41) is 2.44. The molecule has 0 heterocycles. The van der Waals surface area contributed by atoms with E-state index in [2.05, 4.69) is 16.6 Å².